The van der Waals surface area contributed by atoms with E-state index in [9.17, 15) is 68.7 Å². The molecule has 0 aliphatic carbocycles. The van der Waals surface area contributed by atoms with E-state index in [4.69, 9.17) is 28.7 Å². The molecule has 0 spiro atoms. The van der Waals surface area contributed by atoms with Gasteiger partial charge >= 0.3 is 18.0 Å². The smallest absolute Gasteiger partial charge is 0.409 e. The fraction of sp³-hybridized carbons (Fsp3) is 0.371. The molecule has 2 aliphatic rings. The van der Waals surface area contributed by atoms with Crippen molar-refractivity contribution < 1.29 is 92.4 Å². The minimum absolute atomic E-state index is 0.00643. The van der Waals surface area contributed by atoms with E-state index in [-0.39, 0.29) is 145 Å². The predicted octanol–water partition coefficient (Wildman–Crippen LogP) is 3.22. The third-order valence-corrected chi connectivity index (χ3v) is 15.1. The van der Waals surface area contributed by atoms with Crippen LogP contribution in [-0.2, 0) is 61.4 Å². The SMILES string of the molecule is CCn1nc(C)cc1C(=O)Nc1nc2cc(C(=O)O)cc(OC)c2n1C/C=C/Cn1c(NC(=O)c2cc(C)nn2CC)nc2cc(C(=O)O)cc(OCCCN(C)C(=O)OCc3ccc(OC4OC[C@@H](O)[C@H](O)[C@H]4O)cc3NC(=O)CCNC(=O)CCN3C(=O)C=CC3=O)c21. The number of ether oxygens (including phenoxy) is 5. The number of hydrogen-bond donors (Lipinski definition) is 9. The van der Waals surface area contributed by atoms with Crippen LogP contribution < -0.4 is 35.5 Å². The molecule has 7 amide bonds. The fourth-order valence-corrected chi connectivity index (χ4v) is 10.3. The molecule has 9 rings (SSSR count). The van der Waals surface area contributed by atoms with Gasteiger partial charge in [-0.3, -0.25) is 53.7 Å². The molecule has 1 unspecified atom stereocenters. The molecule has 502 valence electrons. The molecule has 1 fully saturated rings. The number of allylic oxidation sites excluding steroid dienone is 2. The number of rotatable bonds is 29. The number of fused-ring (bicyclic) bond motifs is 2. The van der Waals surface area contributed by atoms with E-state index in [1.807, 2.05) is 13.8 Å². The number of carboxylic acid groups (broad SMARTS) is 2. The Labute approximate surface area is 540 Å². The lowest BCUT2D eigenvalue weighted by molar-refractivity contribution is -0.242. The van der Waals surface area contributed by atoms with Crippen LogP contribution in [0.15, 0.2) is 78.9 Å². The Morgan fingerprint density at radius 3 is 1.85 bits per heavy atom. The Bertz CT molecular complexity index is 4170. The summed E-state index contributed by atoms with van der Waals surface area (Å²) in [4.78, 5) is 127. The van der Waals surface area contributed by atoms with Crippen molar-refractivity contribution in [3.8, 4) is 17.2 Å². The first-order chi connectivity index (χ1) is 45.4. The molecule has 95 heavy (non-hydrogen) atoms. The Morgan fingerprint density at radius 1 is 0.726 bits per heavy atom. The summed E-state index contributed by atoms with van der Waals surface area (Å²) in [6, 6.07) is 12.7. The number of methoxy groups -OCH3 is 1. The van der Waals surface area contributed by atoms with Crippen molar-refractivity contribution in [3.05, 3.63) is 118 Å². The second-order valence-corrected chi connectivity index (χ2v) is 21.9. The van der Waals surface area contributed by atoms with Crippen LogP contribution in [0.5, 0.6) is 17.2 Å². The van der Waals surface area contributed by atoms with E-state index < -0.39 is 84.7 Å². The topological polar surface area (TPSA) is 427 Å². The number of aliphatic hydroxyl groups excluding tert-OH is 3. The van der Waals surface area contributed by atoms with Gasteiger partial charge in [-0.05, 0) is 82.6 Å². The number of carbonyl (C=O) groups is 9. The van der Waals surface area contributed by atoms with Crippen molar-refractivity contribution >= 4 is 93.1 Å². The lowest BCUT2D eigenvalue weighted by Gasteiger charge is -2.35. The summed E-state index contributed by atoms with van der Waals surface area (Å²) in [5.74, 6) is -5.63. The van der Waals surface area contributed by atoms with Crippen LogP contribution >= 0.6 is 0 Å². The number of benzene rings is 3. The number of nitrogens with zero attached hydrogens (tertiary/aromatic N) is 10. The Hall–Kier alpha value is -11.0. The minimum atomic E-state index is -1.66. The van der Waals surface area contributed by atoms with E-state index in [0.29, 0.717) is 30.0 Å². The van der Waals surface area contributed by atoms with Gasteiger partial charge in [0.15, 0.2) is 0 Å². The number of aromatic nitrogens is 8. The van der Waals surface area contributed by atoms with Gasteiger partial charge in [0, 0.05) is 89.5 Å². The lowest BCUT2D eigenvalue weighted by Crippen LogP contribution is -2.54. The summed E-state index contributed by atoms with van der Waals surface area (Å²) in [5.41, 5.74) is 2.62. The molecule has 3 aromatic carbocycles. The molecule has 0 saturated carbocycles. The van der Waals surface area contributed by atoms with Crippen molar-refractivity contribution in [3.63, 3.8) is 0 Å². The molecular weight excluding hydrogens is 1240 g/mol. The van der Waals surface area contributed by atoms with Crippen LogP contribution in [0, 0.1) is 13.8 Å². The number of aromatic carboxylic acids is 2. The van der Waals surface area contributed by atoms with Gasteiger partial charge in [-0.2, -0.15) is 10.2 Å². The monoisotopic (exact) mass is 1310 g/mol. The third kappa shape index (κ3) is 16.1. The molecule has 9 N–H and O–H groups in total. The van der Waals surface area contributed by atoms with Crippen molar-refractivity contribution in [1.29, 1.82) is 0 Å². The van der Waals surface area contributed by atoms with Gasteiger partial charge in [0.2, 0.25) is 30.0 Å². The first-order valence-corrected chi connectivity index (χ1v) is 30.0. The predicted molar refractivity (Wildman–Crippen MR) is 335 cm³/mol. The van der Waals surface area contributed by atoms with Crippen molar-refractivity contribution in [1.82, 2.24) is 53.8 Å². The molecule has 6 heterocycles. The second-order valence-electron chi connectivity index (χ2n) is 21.9. The van der Waals surface area contributed by atoms with E-state index >= 15 is 0 Å². The molecule has 1 saturated heterocycles. The number of hydrogen-bond acceptors (Lipinski definition) is 21. The van der Waals surface area contributed by atoms with E-state index in [1.165, 1.54) is 70.9 Å². The quantitative estimate of drug-likeness (QED) is 0.0185. The number of amides is 7. The molecular formula is C62H70N14O19. The highest BCUT2D eigenvalue weighted by molar-refractivity contribution is 6.13. The molecule has 33 nitrogen and oxygen atoms in total. The molecule has 7 aromatic rings. The summed E-state index contributed by atoms with van der Waals surface area (Å²) in [6.07, 6.45) is -1.57. The number of anilines is 3. The highest BCUT2D eigenvalue weighted by Gasteiger charge is 2.39. The molecule has 2 aliphatic heterocycles. The number of nitrogens with one attached hydrogen (secondary N) is 4. The maximum Gasteiger partial charge on any atom is 0.409 e. The number of aryl methyl sites for hydroxylation is 4. The molecule has 4 atom stereocenters. The normalized spacial score (nSPS) is 16.2. The number of imide groups is 1. The molecule has 4 aromatic heterocycles. The summed E-state index contributed by atoms with van der Waals surface area (Å²) >= 11 is 0. The van der Waals surface area contributed by atoms with Gasteiger partial charge in [0.1, 0.15) is 64.6 Å². The van der Waals surface area contributed by atoms with Crippen LogP contribution in [0.4, 0.5) is 22.4 Å². The number of imidazole rings is 2. The maximum absolute atomic E-state index is 14.1. The maximum atomic E-state index is 14.1. The molecule has 0 bridgehead atoms. The van der Waals surface area contributed by atoms with Crippen LogP contribution in [0.3, 0.4) is 0 Å². The van der Waals surface area contributed by atoms with Crippen molar-refractivity contribution in [2.24, 2.45) is 0 Å². The van der Waals surface area contributed by atoms with Gasteiger partial charge in [-0.25, -0.2) is 24.4 Å². The average Bonchev–Trinajstić information content (AvgIpc) is 1.64. The summed E-state index contributed by atoms with van der Waals surface area (Å²) in [7, 11) is 2.82. The van der Waals surface area contributed by atoms with E-state index in [0.717, 1.165) is 17.1 Å². The number of carboxylic acids is 2. The fourth-order valence-electron chi connectivity index (χ4n) is 10.3. The van der Waals surface area contributed by atoms with Gasteiger partial charge in [-0.15, -0.1) is 0 Å². The largest absolute Gasteiger partial charge is 0.494 e. The van der Waals surface area contributed by atoms with Crippen LogP contribution in [0.25, 0.3) is 22.1 Å². The Balaban J connectivity index is 0.913. The van der Waals surface area contributed by atoms with Gasteiger partial charge in [0.05, 0.1) is 59.6 Å². The highest BCUT2D eigenvalue weighted by Crippen LogP contribution is 2.34. The summed E-state index contributed by atoms with van der Waals surface area (Å²) in [6.45, 7) is 6.68. The second kappa shape index (κ2) is 30.2. The van der Waals surface area contributed by atoms with Crippen molar-refractivity contribution in [2.45, 2.75) is 104 Å². The van der Waals surface area contributed by atoms with Crippen LogP contribution in [-0.4, -0.2) is 199 Å². The molecule has 33 heteroatoms. The Morgan fingerprint density at radius 2 is 1.29 bits per heavy atom. The lowest BCUT2D eigenvalue weighted by atomic mass is 10.1. The first-order valence-electron chi connectivity index (χ1n) is 30.0. The van der Waals surface area contributed by atoms with Crippen LogP contribution in [0.2, 0.25) is 0 Å². The van der Waals surface area contributed by atoms with Crippen LogP contribution in [0.1, 0.15) is 91.8 Å². The Kier molecular flexibility index (Phi) is 21.7. The van der Waals surface area contributed by atoms with Gasteiger partial charge < -0.3 is 73.9 Å². The number of aliphatic hydroxyl groups is 3. The first kappa shape index (κ1) is 68.3. The van der Waals surface area contributed by atoms with Crippen molar-refractivity contribution in [2.75, 3.05) is 63.0 Å². The molecule has 0 radical (unpaired) electrons. The standard InChI is InChI=1S/C62H70N14O19/c1-7-75-42(24-33(3)69-75)55(84)67-60-65-40-26-36(57(86)87)28-45(91-6)51(40)73(60)20-9-10-21-74-52-41(66-61(74)68-56(85)43-25-34(4)70-76(43)8-2)27-37(58(88)89)29-46(52)92-23-11-19-71(5)62(90)94-31-35-12-13-38(95-59-54(83)53(82)44(77)32-93-59)30-39(35)64-48(79)16-18-63-47(78)17-22-72-49(80)14-15-50(72)81/h9-10,12-15,24-30,44,53-54,59,77,82-83H,7-8,11,16-23,31-32H2,1-6H3,(H,63,78)(H,64,79)(H,86,87)(H,88,89)(H,65,67,84)(H,66,68,85)/b10-9+/t44-,53+,54-,59?/m1/s1. The zero-order valence-corrected chi connectivity index (χ0v) is 52.4. The minimum Gasteiger partial charge on any atom is -0.494 e. The highest BCUT2D eigenvalue weighted by atomic mass is 16.7. The zero-order chi connectivity index (χ0) is 68.4. The van der Waals surface area contributed by atoms with Gasteiger partial charge in [-0.1, -0.05) is 12.2 Å². The zero-order valence-electron chi connectivity index (χ0n) is 52.4. The summed E-state index contributed by atoms with van der Waals surface area (Å²) in [5, 5.41) is 70.7. The number of carbonyl (C=O) groups excluding carboxylic acids is 7. The third-order valence-electron chi connectivity index (χ3n) is 15.1. The van der Waals surface area contributed by atoms with Gasteiger partial charge in [0.25, 0.3) is 23.6 Å². The van der Waals surface area contributed by atoms with E-state index in [2.05, 4.69) is 36.4 Å². The summed E-state index contributed by atoms with van der Waals surface area (Å²) < 4.78 is 35.0. The van der Waals surface area contributed by atoms with E-state index in [1.54, 1.807) is 47.3 Å². The average molecular weight is 1320 g/mol.